The molecule has 7 nitrogen and oxygen atoms in total. The molecule has 1 amide bonds. The molecular weight excluding hydrogens is 326 g/mol. The lowest BCUT2D eigenvalue weighted by Crippen LogP contribution is -2.42. The van der Waals surface area contributed by atoms with Crippen molar-refractivity contribution < 1.29 is 9.53 Å². The van der Waals surface area contributed by atoms with Crippen LogP contribution in [0.25, 0.3) is 0 Å². The van der Waals surface area contributed by atoms with Crippen molar-refractivity contribution in [3.8, 4) is 0 Å². The van der Waals surface area contributed by atoms with Crippen molar-refractivity contribution in [3.63, 3.8) is 0 Å². The Balaban J connectivity index is 1.77. The molecule has 0 radical (unpaired) electrons. The Morgan fingerprint density at radius 3 is 3.04 bits per heavy atom. The van der Waals surface area contributed by atoms with E-state index in [1.165, 1.54) is 4.88 Å². The third-order valence-electron chi connectivity index (χ3n) is 4.34. The van der Waals surface area contributed by atoms with Crippen LogP contribution in [-0.2, 0) is 29.7 Å². The van der Waals surface area contributed by atoms with Gasteiger partial charge in [0.1, 0.15) is 0 Å². The molecular formula is C16H23N5O2S. The van der Waals surface area contributed by atoms with Crippen LogP contribution in [0.15, 0.2) is 11.8 Å². The molecule has 0 saturated carbocycles. The lowest BCUT2D eigenvalue weighted by molar-refractivity contribution is -0.123. The number of carbonyl (C=O) groups is 1. The molecule has 1 aliphatic rings. The van der Waals surface area contributed by atoms with Gasteiger partial charge in [0, 0.05) is 45.2 Å². The van der Waals surface area contributed by atoms with Crippen LogP contribution in [0, 0.1) is 6.92 Å². The SMILES string of the molecule is COCCNC(=O)[C@H]1CN(Cc2scnc2C)Cc2ncn(C)c21. The van der Waals surface area contributed by atoms with E-state index in [1.54, 1.807) is 24.8 Å². The second kappa shape index (κ2) is 7.42. The summed E-state index contributed by atoms with van der Waals surface area (Å²) in [6.07, 6.45) is 1.79. The number of nitrogens with zero attached hydrogens (tertiary/aromatic N) is 4. The van der Waals surface area contributed by atoms with Gasteiger partial charge in [-0.3, -0.25) is 9.69 Å². The molecule has 1 N–H and O–H groups in total. The van der Waals surface area contributed by atoms with E-state index in [0.717, 1.165) is 30.2 Å². The Kier molecular flexibility index (Phi) is 5.27. The van der Waals surface area contributed by atoms with Crippen molar-refractivity contribution in [2.75, 3.05) is 26.8 Å². The molecule has 1 aliphatic heterocycles. The highest BCUT2D eigenvalue weighted by molar-refractivity contribution is 7.09. The molecule has 130 valence electrons. The average Bonchev–Trinajstić information content (AvgIpc) is 3.13. The normalized spacial score (nSPS) is 17.7. The second-order valence-electron chi connectivity index (χ2n) is 6.05. The molecule has 2 aromatic rings. The third kappa shape index (κ3) is 3.50. The maximum absolute atomic E-state index is 12.7. The van der Waals surface area contributed by atoms with Gasteiger partial charge < -0.3 is 14.6 Å². The van der Waals surface area contributed by atoms with Crippen LogP contribution >= 0.6 is 11.3 Å². The molecule has 0 unspecified atom stereocenters. The number of hydrogen-bond donors (Lipinski definition) is 1. The summed E-state index contributed by atoms with van der Waals surface area (Å²) in [7, 11) is 3.58. The van der Waals surface area contributed by atoms with Crippen molar-refractivity contribution in [1.29, 1.82) is 0 Å². The largest absolute Gasteiger partial charge is 0.383 e. The summed E-state index contributed by atoms with van der Waals surface area (Å²) in [6.45, 7) is 5.30. The highest BCUT2D eigenvalue weighted by Gasteiger charge is 2.33. The van der Waals surface area contributed by atoms with Gasteiger partial charge in [-0.15, -0.1) is 11.3 Å². The minimum absolute atomic E-state index is 0.0302. The number of nitrogens with one attached hydrogen (secondary N) is 1. The first-order valence-corrected chi connectivity index (χ1v) is 8.86. The Morgan fingerprint density at radius 2 is 2.33 bits per heavy atom. The lowest BCUT2D eigenvalue weighted by atomic mass is 9.97. The fourth-order valence-corrected chi connectivity index (χ4v) is 3.90. The highest BCUT2D eigenvalue weighted by atomic mass is 32.1. The van der Waals surface area contributed by atoms with Gasteiger partial charge >= 0.3 is 0 Å². The molecule has 0 fully saturated rings. The molecule has 1 atom stereocenters. The van der Waals surface area contributed by atoms with E-state index in [4.69, 9.17) is 4.74 Å². The van der Waals surface area contributed by atoms with Gasteiger partial charge in [0.05, 0.1) is 41.4 Å². The first-order chi connectivity index (χ1) is 11.6. The number of ether oxygens (including phenoxy) is 1. The predicted molar refractivity (Wildman–Crippen MR) is 91.8 cm³/mol. The summed E-state index contributed by atoms with van der Waals surface area (Å²) in [6, 6.07) is 0. The van der Waals surface area contributed by atoms with Crippen LogP contribution in [0.4, 0.5) is 0 Å². The molecule has 2 aromatic heterocycles. The van der Waals surface area contributed by atoms with Crippen molar-refractivity contribution in [2.45, 2.75) is 25.9 Å². The molecule has 0 aromatic carbocycles. The quantitative estimate of drug-likeness (QED) is 0.789. The van der Waals surface area contributed by atoms with Crippen molar-refractivity contribution >= 4 is 17.2 Å². The van der Waals surface area contributed by atoms with E-state index in [0.29, 0.717) is 19.7 Å². The van der Waals surface area contributed by atoms with Gasteiger partial charge in [-0.2, -0.15) is 0 Å². The zero-order valence-corrected chi connectivity index (χ0v) is 15.1. The number of carbonyl (C=O) groups excluding carboxylic acids is 1. The predicted octanol–water partition coefficient (Wildman–Crippen LogP) is 1.05. The Morgan fingerprint density at radius 1 is 1.50 bits per heavy atom. The molecule has 8 heteroatoms. The van der Waals surface area contributed by atoms with Crippen LogP contribution in [0.1, 0.15) is 27.9 Å². The summed E-state index contributed by atoms with van der Waals surface area (Å²) in [4.78, 5) is 25.0. The maximum Gasteiger partial charge on any atom is 0.230 e. The second-order valence-corrected chi connectivity index (χ2v) is 6.99. The zero-order chi connectivity index (χ0) is 17.1. The molecule has 0 aliphatic carbocycles. The molecule has 3 rings (SSSR count). The van der Waals surface area contributed by atoms with Gasteiger partial charge in [-0.05, 0) is 6.92 Å². The van der Waals surface area contributed by atoms with E-state index >= 15 is 0 Å². The summed E-state index contributed by atoms with van der Waals surface area (Å²) in [5.74, 6) is -0.186. The number of rotatable bonds is 6. The first-order valence-electron chi connectivity index (χ1n) is 7.98. The summed E-state index contributed by atoms with van der Waals surface area (Å²) in [5.41, 5.74) is 4.93. The standard InChI is InChI=1S/C16H23N5O2S/c1-11-14(24-10-19-11)8-21-6-12(16(22)17-4-5-23-3)15-13(7-21)18-9-20(15)2/h9-10,12H,4-8H2,1-3H3,(H,17,22)/t12-/m0/s1. The molecule has 0 bridgehead atoms. The summed E-state index contributed by atoms with van der Waals surface area (Å²) in [5, 5.41) is 2.96. The van der Waals surface area contributed by atoms with E-state index in [2.05, 4.69) is 20.2 Å². The third-order valence-corrected chi connectivity index (χ3v) is 5.26. The van der Waals surface area contributed by atoms with E-state index in [-0.39, 0.29) is 11.8 Å². The fraction of sp³-hybridized carbons (Fsp3) is 0.562. The fourth-order valence-electron chi connectivity index (χ4n) is 3.09. The number of amides is 1. The Bertz CT molecular complexity index is 711. The van der Waals surface area contributed by atoms with Crippen molar-refractivity contribution in [1.82, 2.24) is 24.8 Å². The zero-order valence-electron chi connectivity index (χ0n) is 14.3. The molecule has 24 heavy (non-hydrogen) atoms. The monoisotopic (exact) mass is 349 g/mol. The molecule has 3 heterocycles. The van der Waals surface area contributed by atoms with Crippen LogP contribution < -0.4 is 5.32 Å². The minimum Gasteiger partial charge on any atom is -0.383 e. The van der Waals surface area contributed by atoms with Gasteiger partial charge in [0.15, 0.2) is 0 Å². The van der Waals surface area contributed by atoms with Gasteiger partial charge in [0.25, 0.3) is 0 Å². The summed E-state index contributed by atoms with van der Waals surface area (Å²) < 4.78 is 6.98. The molecule has 0 saturated heterocycles. The van der Waals surface area contributed by atoms with E-state index < -0.39 is 0 Å². The van der Waals surface area contributed by atoms with Gasteiger partial charge in [-0.1, -0.05) is 0 Å². The van der Waals surface area contributed by atoms with Crippen LogP contribution in [0.5, 0.6) is 0 Å². The number of fused-ring (bicyclic) bond motifs is 1. The van der Waals surface area contributed by atoms with Gasteiger partial charge in [0.2, 0.25) is 5.91 Å². The maximum atomic E-state index is 12.7. The number of methoxy groups -OCH3 is 1. The minimum atomic E-state index is -0.216. The van der Waals surface area contributed by atoms with E-state index in [1.807, 2.05) is 24.0 Å². The number of hydrogen-bond acceptors (Lipinski definition) is 6. The van der Waals surface area contributed by atoms with Crippen molar-refractivity contribution in [2.24, 2.45) is 7.05 Å². The molecule has 0 spiro atoms. The summed E-state index contributed by atoms with van der Waals surface area (Å²) >= 11 is 1.66. The van der Waals surface area contributed by atoms with Crippen LogP contribution in [-0.4, -0.2) is 52.1 Å². The Hall–Kier alpha value is -1.77. The highest BCUT2D eigenvalue weighted by Crippen LogP contribution is 2.29. The lowest BCUT2D eigenvalue weighted by Gasteiger charge is -2.32. The van der Waals surface area contributed by atoms with Crippen molar-refractivity contribution in [3.05, 3.63) is 33.8 Å². The number of imidazole rings is 1. The number of thiazole rings is 1. The van der Waals surface area contributed by atoms with Crippen LogP contribution in [0.2, 0.25) is 0 Å². The average molecular weight is 349 g/mol. The van der Waals surface area contributed by atoms with Crippen LogP contribution in [0.3, 0.4) is 0 Å². The number of aromatic nitrogens is 3. The van der Waals surface area contributed by atoms with E-state index in [9.17, 15) is 4.79 Å². The first kappa shape index (κ1) is 17.1. The van der Waals surface area contributed by atoms with Gasteiger partial charge in [-0.25, -0.2) is 9.97 Å². The smallest absolute Gasteiger partial charge is 0.230 e. The Labute approximate surface area is 145 Å². The topological polar surface area (TPSA) is 72.3 Å². The number of aryl methyl sites for hydroxylation is 2.